The maximum atomic E-state index is 12.2. The van der Waals surface area contributed by atoms with Gasteiger partial charge in [0.25, 0.3) is 0 Å². The number of aryl methyl sites for hydroxylation is 1. The highest BCUT2D eigenvalue weighted by Gasteiger charge is 2.28. The van der Waals surface area contributed by atoms with E-state index < -0.39 is 10.0 Å². The van der Waals surface area contributed by atoms with Gasteiger partial charge in [-0.25, -0.2) is 18.1 Å². The number of sulfonamides is 1. The largest absolute Gasteiger partial charge is 0.364 e. The standard InChI is InChI=1S/C22H29ClN6O3S/c1-29-19-12-15(11-10-14(19)6-5-9-20(29)30)25-22-24-13-16(23)21(27-22)26-17-7-3-4-8-18(17)28-33(2,31)32/h10-13,17-18,28H,3-9H2,1-2H3,(H2,24,25,26,27)/t17-,18-/m1/s1. The van der Waals surface area contributed by atoms with Crippen LogP contribution in [0.25, 0.3) is 0 Å². The molecule has 1 amide bonds. The molecule has 1 aromatic heterocycles. The van der Waals surface area contributed by atoms with Gasteiger partial charge in [-0.3, -0.25) is 4.79 Å². The van der Waals surface area contributed by atoms with Crippen molar-refractivity contribution < 1.29 is 13.2 Å². The van der Waals surface area contributed by atoms with E-state index >= 15 is 0 Å². The molecule has 0 saturated heterocycles. The van der Waals surface area contributed by atoms with Gasteiger partial charge in [-0.2, -0.15) is 4.98 Å². The fourth-order valence-electron chi connectivity index (χ4n) is 4.45. The van der Waals surface area contributed by atoms with Crippen LogP contribution in [0.2, 0.25) is 5.02 Å². The molecule has 1 aliphatic heterocycles. The Bertz CT molecular complexity index is 1140. The van der Waals surface area contributed by atoms with Crippen LogP contribution >= 0.6 is 11.6 Å². The number of rotatable bonds is 6. The maximum absolute atomic E-state index is 12.2. The average molecular weight is 493 g/mol. The van der Waals surface area contributed by atoms with E-state index in [1.165, 1.54) is 12.5 Å². The van der Waals surface area contributed by atoms with Gasteiger partial charge in [0.05, 0.1) is 12.5 Å². The van der Waals surface area contributed by atoms with E-state index in [2.05, 4.69) is 25.3 Å². The van der Waals surface area contributed by atoms with Crippen LogP contribution in [-0.2, 0) is 21.2 Å². The zero-order chi connectivity index (χ0) is 23.6. The molecule has 1 fully saturated rings. The summed E-state index contributed by atoms with van der Waals surface area (Å²) in [5, 5.41) is 6.87. The number of aromatic nitrogens is 2. The van der Waals surface area contributed by atoms with Crippen LogP contribution in [0, 0.1) is 0 Å². The fourth-order valence-corrected chi connectivity index (χ4v) is 5.43. The minimum absolute atomic E-state index is 0.102. The summed E-state index contributed by atoms with van der Waals surface area (Å²) in [7, 11) is -1.53. The highest BCUT2D eigenvalue weighted by Crippen LogP contribution is 2.31. The van der Waals surface area contributed by atoms with Gasteiger partial charge < -0.3 is 15.5 Å². The van der Waals surface area contributed by atoms with Crippen molar-refractivity contribution >= 4 is 50.7 Å². The van der Waals surface area contributed by atoms with Crippen molar-refractivity contribution in [3.63, 3.8) is 0 Å². The first-order valence-corrected chi connectivity index (χ1v) is 13.4. The molecule has 0 spiro atoms. The molecule has 4 rings (SSSR count). The summed E-state index contributed by atoms with van der Waals surface area (Å²) in [5.74, 6) is 0.904. The molecule has 1 aliphatic carbocycles. The molecular weight excluding hydrogens is 464 g/mol. The molecule has 1 saturated carbocycles. The van der Waals surface area contributed by atoms with Gasteiger partial charge in [0, 0.05) is 36.9 Å². The van der Waals surface area contributed by atoms with Gasteiger partial charge in [-0.1, -0.05) is 30.5 Å². The Hall–Kier alpha value is -2.43. The number of hydrogen-bond acceptors (Lipinski definition) is 7. The number of carbonyl (C=O) groups is 1. The second-order valence-electron chi connectivity index (χ2n) is 8.70. The Balaban J connectivity index is 1.53. The van der Waals surface area contributed by atoms with E-state index in [9.17, 15) is 13.2 Å². The normalized spacial score (nSPS) is 21.3. The highest BCUT2D eigenvalue weighted by atomic mass is 35.5. The van der Waals surface area contributed by atoms with Gasteiger partial charge in [-0.05, 0) is 43.4 Å². The lowest BCUT2D eigenvalue weighted by Crippen LogP contribution is -2.48. The number of carbonyl (C=O) groups excluding carboxylic acids is 1. The maximum Gasteiger partial charge on any atom is 0.229 e. The second-order valence-corrected chi connectivity index (χ2v) is 10.9. The number of nitrogens with one attached hydrogen (secondary N) is 3. The molecule has 2 aromatic rings. The lowest BCUT2D eigenvalue weighted by atomic mass is 9.91. The number of anilines is 4. The summed E-state index contributed by atoms with van der Waals surface area (Å²) >= 11 is 6.35. The number of hydrogen-bond donors (Lipinski definition) is 3. The average Bonchev–Trinajstić information content (AvgIpc) is 2.89. The van der Waals surface area contributed by atoms with E-state index in [0.29, 0.717) is 23.2 Å². The number of fused-ring (bicyclic) bond motifs is 1. The van der Waals surface area contributed by atoms with Crippen LogP contribution in [0.1, 0.15) is 44.1 Å². The van der Waals surface area contributed by atoms with Crippen LogP contribution in [-0.4, -0.2) is 49.7 Å². The molecule has 0 unspecified atom stereocenters. The van der Waals surface area contributed by atoms with E-state index in [1.54, 1.807) is 11.9 Å². The molecule has 11 heteroatoms. The minimum Gasteiger partial charge on any atom is -0.364 e. The third-order valence-electron chi connectivity index (χ3n) is 6.11. The number of benzene rings is 1. The van der Waals surface area contributed by atoms with Gasteiger partial charge >= 0.3 is 0 Å². The van der Waals surface area contributed by atoms with E-state index in [-0.39, 0.29) is 18.0 Å². The number of halogens is 1. The molecule has 9 nitrogen and oxygen atoms in total. The van der Waals surface area contributed by atoms with Crippen LogP contribution < -0.4 is 20.3 Å². The van der Waals surface area contributed by atoms with Crippen molar-refractivity contribution in [2.45, 2.75) is 57.0 Å². The summed E-state index contributed by atoms with van der Waals surface area (Å²) in [6.45, 7) is 0. The van der Waals surface area contributed by atoms with Crippen molar-refractivity contribution in [3.8, 4) is 0 Å². The molecule has 3 N–H and O–H groups in total. The summed E-state index contributed by atoms with van der Waals surface area (Å²) in [6.07, 6.45) is 8.45. The SMILES string of the molecule is CN1C(=O)CCCc2ccc(Nc3ncc(Cl)c(N[C@@H]4CCCC[C@H]4NS(C)(=O)=O)n3)cc21. The van der Waals surface area contributed by atoms with Gasteiger partial charge in [0.15, 0.2) is 5.82 Å². The molecule has 0 bridgehead atoms. The number of nitrogens with zero attached hydrogens (tertiary/aromatic N) is 3. The highest BCUT2D eigenvalue weighted by molar-refractivity contribution is 7.88. The summed E-state index contributed by atoms with van der Waals surface area (Å²) in [5.41, 5.74) is 2.78. The molecular formula is C22H29ClN6O3S. The molecule has 178 valence electrons. The predicted octanol–water partition coefficient (Wildman–Crippen LogP) is 3.45. The Morgan fingerprint density at radius 2 is 1.88 bits per heavy atom. The second kappa shape index (κ2) is 9.82. The van der Waals surface area contributed by atoms with Crippen molar-refractivity contribution in [3.05, 3.63) is 35.0 Å². The summed E-state index contributed by atoms with van der Waals surface area (Å²) in [6, 6.07) is 5.54. The Labute approximate surface area is 199 Å². The molecule has 0 radical (unpaired) electrons. The van der Waals surface area contributed by atoms with Gasteiger partial charge in [0.2, 0.25) is 21.9 Å². The topological polar surface area (TPSA) is 116 Å². The summed E-state index contributed by atoms with van der Waals surface area (Å²) < 4.78 is 26.2. The molecule has 2 atom stereocenters. The quantitative estimate of drug-likeness (QED) is 0.565. The Kier molecular flexibility index (Phi) is 7.06. The Morgan fingerprint density at radius 1 is 1.12 bits per heavy atom. The molecule has 2 aliphatic rings. The van der Waals surface area contributed by atoms with Crippen LogP contribution in [0.15, 0.2) is 24.4 Å². The first kappa shape index (κ1) is 23.7. The fraction of sp³-hybridized carbons (Fsp3) is 0.500. The number of amides is 1. The zero-order valence-electron chi connectivity index (χ0n) is 18.8. The predicted molar refractivity (Wildman–Crippen MR) is 131 cm³/mol. The van der Waals surface area contributed by atoms with E-state index in [0.717, 1.165) is 55.5 Å². The molecule has 2 heterocycles. The molecule has 1 aromatic carbocycles. The first-order valence-electron chi connectivity index (χ1n) is 11.1. The lowest BCUT2D eigenvalue weighted by Gasteiger charge is -2.32. The van der Waals surface area contributed by atoms with Crippen molar-refractivity contribution in [2.75, 3.05) is 28.8 Å². The zero-order valence-corrected chi connectivity index (χ0v) is 20.3. The Morgan fingerprint density at radius 3 is 2.64 bits per heavy atom. The minimum atomic E-state index is -3.32. The van der Waals surface area contributed by atoms with Crippen LogP contribution in [0.4, 0.5) is 23.1 Å². The van der Waals surface area contributed by atoms with Crippen molar-refractivity contribution in [1.82, 2.24) is 14.7 Å². The van der Waals surface area contributed by atoms with Crippen LogP contribution in [0.5, 0.6) is 0 Å². The van der Waals surface area contributed by atoms with Crippen molar-refractivity contribution in [2.24, 2.45) is 0 Å². The third-order valence-corrected chi connectivity index (χ3v) is 7.12. The van der Waals surface area contributed by atoms with Gasteiger partial charge in [0.1, 0.15) is 5.02 Å². The van der Waals surface area contributed by atoms with E-state index in [1.807, 2.05) is 18.2 Å². The first-order chi connectivity index (χ1) is 15.7. The lowest BCUT2D eigenvalue weighted by molar-refractivity contribution is -0.118. The third kappa shape index (κ3) is 5.93. The van der Waals surface area contributed by atoms with Crippen molar-refractivity contribution in [1.29, 1.82) is 0 Å². The molecule has 33 heavy (non-hydrogen) atoms. The van der Waals surface area contributed by atoms with Crippen LogP contribution in [0.3, 0.4) is 0 Å². The van der Waals surface area contributed by atoms with E-state index in [4.69, 9.17) is 11.6 Å². The summed E-state index contributed by atoms with van der Waals surface area (Å²) in [4.78, 5) is 22.8. The van der Waals surface area contributed by atoms with Gasteiger partial charge in [-0.15, -0.1) is 0 Å². The monoisotopic (exact) mass is 492 g/mol. The smallest absolute Gasteiger partial charge is 0.229 e.